The molecule has 0 N–H and O–H groups in total. The number of hydrogen-bond donors (Lipinski definition) is 0. The highest BCUT2D eigenvalue weighted by Crippen LogP contribution is 2.40. The number of ether oxygens (including phenoxy) is 1. The average molecular weight is 426 g/mol. The maximum absolute atomic E-state index is 13.6. The zero-order valence-corrected chi connectivity index (χ0v) is 18.0. The smallest absolute Gasteiger partial charge is 0.264 e. The zero-order chi connectivity index (χ0) is 20.4. The molecule has 0 aliphatic carbocycles. The fourth-order valence-corrected chi connectivity index (χ4v) is 6.37. The van der Waals surface area contributed by atoms with E-state index in [1.165, 1.54) is 0 Å². The highest BCUT2D eigenvalue weighted by atomic mass is 32.2. The average Bonchev–Trinajstić information content (AvgIpc) is 3.11. The molecule has 0 saturated carbocycles. The minimum atomic E-state index is -3.66. The van der Waals surface area contributed by atoms with Gasteiger partial charge in [-0.1, -0.05) is 35.9 Å². The van der Waals surface area contributed by atoms with Crippen molar-refractivity contribution in [1.82, 2.24) is 0 Å². The van der Waals surface area contributed by atoms with E-state index in [9.17, 15) is 8.42 Å². The summed E-state index contributed by atoms with van der Waals surface area (Å²) in [5.41, 5.74) is 2.77. The van der Waals surface area contributed by atoms with E-state index >= 15 is 0 Å². The first kappa shape index (κ1) is 19.9. The first-order chi connectivity index (χ1) is 14.0. The second kappa shape index (κ2) is 8.13. The van der Waals surface area contributed by atoms with Gasteiger partial charge in [0, 0.05) is 10.6 Å². The quantitative estimate of drug-likeness (QED) is 0.526. The number of hydrogen-bond acceptors (Lipinski definition) is 4. The zero-order valence-electron chi connectivity index (χ0n) is 16.4. The van der Waals surface area contributed by atoms with Crippen LogP contribution in [0.4, 0.5) is 5.69 Å². The molecule has 0 saturated heterocycles. The van der Waals surface area contributed by atoms with Crippen LogP contribution in [0.3, 0.4) is 0 Å². The summed E-state index contributed by atoms with van der Waals surface area (Å²) in [6.07, 6.45) is 0.664. The van der Waals surface area contributed by atoms with Gasteiger partial charge in [-0.25, -0.2) is 8.42 Å². The number of thioether (sulfide) groups is 1. The molecule has 0 amide bonds. The summed E-state index contributed by atoms with van der Waals surface area (Å²) in [5.74, 6) is 1.42. The summed E-state index contributed by atoms with van der Waals surface area (Å²) in [6.45, 7) is 1.95. The normalized spacial score (nSPS) is 15.9. The Bertz CT molecular complexity index is 1100. The molecule has 0 radical (unpaired) electrons. The van der Waals surface area contributed by atoms with Gasteiger partial charge >= 0.3 is 0 Å². The van der Waals surface area contributed by atoms with Gasteiger partial charge in [-0.05, 0) is 61.4 Å². The molecular formula is C23H23NO3S2. The van der Waals surface area contributed by atoms with E-state index in [-0.39, 0.29) is 6.04 Å². The Kier molecular flexibility index (Phi) is 5.56. The van der Waals surface area contributed by atoms with E-state index in [2.05, 4.69) is 12.1 Å². The van der Waals surface area contributed by atoms with Crippen molar-refractivity contribution < 1.29 is 13.2 Å². The van der Waals surface area contributed by atoms with Gasteiger partial charge in [0.1, 0.15) is 5.75 Å². The van der Waals surface area contributed by atoms with Crippen molar-refractivity contribution in [3.8, 4) is 5.75 Å². The summed E-state index contributed by atoms with van der Waals surface area (Å²) in [6, 6.07) is 22.6. The molecule has 1 aliphatic heterocycles. The van der Waals surface area contributed by atoms with E-state index in [0.717, 1.165) is 27.5 Å². The van der Waals surface area contributed by atoms with Crippen LogP contribution in [0.5, 0.6) is 5.75 Å². The van der Waals surface area contributed by atoms with Crippen LogP contribution in [0.1, 0.15) is 11.1 Å². The summed E-state index contributed by atoms with van der Waals surface area (Å²) in [4.78, 5) is 1.45. The third-order valence-corrected chi connectivity index (χ3v) is 8.11. The number of anilines is 1. The number of sulfonamides is 1. The SMILES string of the molecule is COc1ccc2c(c1)CC(CSc1ccccc1)N2S(=O)(=O)c1ccc(C)cc1. The van der Waals surface area contributed by atoms with E-state index < -0.39 is 10.0 Å². The molecule has 150 valence electrons. The van der Waals surface area contributed by atoms with Crippen molar-refractivity contribution >= 4 is 27.5 Å². The lowest BCUT2D eigenvalue weighted by Gasteiger charge is -2.27. The van der Waals surface area contributed by atoms with Crippen LogP contribution in [-0.2, 0) is 16.4 Å². The highest BCUT2D eigenvalue weighted by molar-refractivity contribution is 7.99. The summed E-state index contributed by atoms with van der Waals surface area (Å²) >= 11 is 1.68. The number of nitrogens with zero attached hydrogens (tertiary/aromatic N) is 1. The second-order valence-electron chi connectivity index (χ2n) is 7.09. The van der Waals surface area contributed by atoms with Gasteiger partial charge in [0.15, 0.2) is 0 Å². The van der Waals surface area contributed by atoms with Crippen molar-refractivity contribution in [3.63, 3.8) is 0 Å². The number of methoxy groups -OCH3 is 1. The number of rotatable bonds is 6. The van der Waals surface area contributed by atoms with Crippen LogP contribution < -0.4 is 9.04 Å². The van der Waals surface area contributed by atoms with Gasteiger partial charge in [-0.3, -0.25) is 4.31 Å². The summed E-state index contributed by atoms with van der Waals surface area (Å²) in [5, 5.41) is 0. The van der Waals surface area contributed by atoms with Crippen LogP contribution in [0, 0.1) is 6.92 Å². The Labute approximate surface area is 176 Å². The Hall–Kier alpha value is -2.44. The standard InChI is InChI=1S/C23H23NO3S2/c1-17-8-11-22(12-9-17)29(25,26)24-19(16-28-21-6-4-3-5-7-21)14-18-15-20(27-2)10-13-23(18)24/h3-13,15,19H,14,16H2,1-2H3. The Morgan fingerprint density at radius 2 is 1.76 bits per heavy atom. The van der Waals surface area contributed by atoms with E-state index in [1.54, 1.807) is 35.3 Å². The van der Waals surface area contributed by atoms with E-state index in [1.807, 2.05) is 55.5 Å². The summed E-state index contributed by atoms with van der Waals surface area (Å²) in [7, 11) is -2.04. The van der Waals surface area contributed by atoms with E-state index in [4.69, 9.17) is 4.74 Å². The lowest BCUT2D eigenvalue weighted by molar-refractivity contribution is 0.414. The van der Waals surface area contributed by atoms with Crippen LogP contribution in [-0.4, -0.2) is 27.3 Å². The molecule has 4 nitrogen and oxygen atoms in total. The van der Waals surface area contributed by atoms with Gasteiger partial charge in [0.2, 0.25) is 0 Å². The third kappa shape index (κ3) is 4.00. The number of fused-ring (bicyclic) bond motifs is 1. The molecule has 0 fully saturated rings. The van der Waals surface area contributed by atoms with Gasteiger partial charge in [-0.15, -0.1) is 11.8 Å². The molecule has 0 spiro atoms. The molecule has 3 aromatic carbocycles. The first-order valence-electron chi connectivity index (χ1n) is 9.45. The Morgan fingerprint density at radius 1 is 1.03 bits per heavy atom. The largest absolute Gasteiger partial charge is 0.497 e. The lowest BCUT2D eigenvalue weighted by atomic mass is 10.1. The molecule has 1 heterocycles. The molecule has 1 aliphatic rings. The molecule has 1 unspecified atom stereocenters. The maximum Gasteiger partial charge on any atom is 0.264 e. The van der Waals surface area contributed by atoms with Crippen molar-refractivity contribution in [1.29, 1.82) is 0 Å². The highest BCUT2D eigenvalue weighted by Gasteiger charge is 2.38. The van der Waals surface area contributed by atoms with Crippen molar-refractivity contribution in [2.45, 2.75) is 29.2 Å². The maximum atomic E-state index is 13.6. The molecule has 3 aromatic rings. The molecule has 6 heteroatoms. The van der Waals surface area contributed by atoms with Crippen LogP contribution in [0.2, 0.25) is 0 Å². The van der Waals surface area contributed by atoms with Crippen molar-refractivity contribution in [2.75, 3.05) is 17.2 Å². The monoisotopic (exact) mass is 425 g/mol. The second-order valence-corrected chi connectivity index (χ2v) is 10.00. The lowest BCUT2D eigenvalue weighted by Crippen LogP contribution is -2.39. The molecule has 4 rings (SSSR count). The molecule has 1 atom stereocenters. The Balaban J connectivity index is 1.70. The molecule has 0 aromatic heterocycles. The van der Waals surface area contributed by atoms with Gasteiger partial charge in [0.25, 0.3) is 10.0 Å². The predicted molar refractivity (Wildman–Crippen MR) is 118 cm³/mol. The fourth-order valence-electron chi connectivity index (χ4n) is 3.59. The van der Waals surface area contributed by atoms with Crippen molar-refractivity contribution in [2.24, 2.45) is 0 Å². The number of benzene rings is 3. The topological polar surface area (TPSA) is 46.6 Å². The van der Waals surface area contributed by atoms with Crippen LogP contribution >= 0.6 is 11.8 Å². The first-order valence-corrected chi connectivity index (χ1v) is 11.9. The Morgan fingerprint density at radius 3 is 2.45 bits per heavy atom. The minimum absolute atomic E-state index is 0.159. The summed E-state index contributed by atoms with van der Waals surface area (Å²) < 4.78 is 34.1. The fraction of sp³-hybridized carbons (Fsp3) is 0.217. The molecule has 0 bridgehead atoms. The van der Waals surface area contributed by atoms with Crippen LogP contribution in [0.15, 0.2) is 82.6 Å². The predicted octanol–water partition coefficient (Wildman–Crippen LogP) is 4.92. The minimum Gasteiger partial charge on any atom is -0.497 e. The third-order valence-electron chi connectivity index (χ3n) is 5.07. The van der Waals surface area contributed by atoms with Gasteiger partial charge in [-0.2, -0.15) is 0 Å². The number of aryl methyl sites for hydroxylation is 1. The molecular weight excluding hydrogens is 402 g/mol. The van der Waals surface area contributed by atoms with Crippen molar-refractivity contribution in [3.05, 3.63) is 83.9 Å². The van der Waals surface area contributed by atoms with Crippen LogP contribution in [0.25, 0.3) is 0 Å². The van der Waals surface area contributed by atoms with E-state index in [0.29, 0.717) is 17.1 Å². The van der Waals surface area contributed by atoms with Gasteiger partial charge < -0.3 is 4.74 Å². The van der Waals surface area contributed by atoms with Gasteiger partial charge in [0.05, 0.1) is 23.7 Å². The molecule has 29 heavy (non-hydrogen) atoms.